The summed E-state index contributed by atoms with van der Waals surface area (Å²) in [5.74, 6) is 0.449. The minimum Gasteiger partial charge on any atom is -0.382 e. The molecule has 0 aliphatic heterocycles. The van der Waals surface area contributed by atoms with Crippen LogP contribution in [0.3, 0.4) is 0 Å². The standard InChI is InChI=1S/C13H15N3/c1-8-4-5-11(10(3)9(8)2)12-6-7-13(14)16-15-12/h4-7H,1-3H3,(H2,14,16). The van der Waals surface area contributed by atoms with E-state index in [0.29, 0.717) is 5.82 Å². The summed E-state index contributed by atoms with van der Waals surface area (Å²) in [7, 11) is 0. The van der Waals surface area contributed by atoms with E-state index < -0.39 is 0 Å². The zero-order valence-electron chi connectivity index (χ0n) is 9.78. The number of aromatic nitrogens is 2. The monoisotopic (exact) mass is 213 g/mol. The van der Waals surface area contributed by atoms with E-state index in [0.717, 1.165) is 11.3 Å². The third-order valence-corrected chi connectivity index (χ3v) is 3.02. The normalized spacial score (nSPS) is 10.4. The highest BCUT2D eigenvalue weighted by Gasteiger charge is 2.07. The lowest BCUT2D eigenvalue weighted by molar-refractivity contribution is 1.04. The maximum absolute atomic E-state index is 5.52. The number of rotatable bonds is 1. The lowest BCUT2D eigenvalue weighted by atomic mass is 9.97. The van der Waals surface area contributed by atoms with Gasteiger partial charge in [0.05, 0.1) is 5.69 Å². The molecule has 0 saturated heterocycles. The van der Waals surface area contributed by atoms with Crippen molar-refractivity contribution in [3.63, 3.8) is 0 Å². The largest absolute Gasteiger partial charge is 0.382 e. The van der Waals surface area contributed by atoms with E-state index in [1.54, 1.807) is 6.07 Å². The minimum atomic E-state index is 0.449. The number of hydrogen-bond acceptors (Lipinski definition) is 3. The number of nitrogens with zero attached hydrogens (tertiary/aromatic N) is 2. The van der Waals surface area contributed by atoms with Crippen LogP contribution in [0.25, 0.3) is 11.3 Å². The first kappa shape index (κ1) is 10.6. The van der Waals surface area contributed by atoms with Crippen LogP contribution in [-0.4, -0.2) is 10.2 Å². The molecule has 0 aliphatic rings. The van der Waals surface area contributed by atoms with Crippen LogP contribution in [0, 0.1) is 20.8 Å². The van der Waals surface area contributed by atoms with E-state index in [2.05, 4.69) is 43.1 Å². The second-order valence-electron chi connectivity index (χ2n) is 4.02. The Balaban J connectivity index is 2.57. The predicted molar refractivity (Wildman–Crippen MR) is 66.1 cm³/mol. The van der Waals surface area contributed by atoms with Crippen molar-refractivity contribution in [1.29, 1.82) is 0 Å². The van der Waals surface area contributed by atoms with Crippen LogP contribution in [0.2, 0.25) is 0 Å². The average Bonchev–Trinajstić information content (AvgIpc) is 2.28. The summed E-state index contributed by atoms with van der Waals surface area (Å²) < 4.78 is 0. The Morgan fingerprint density at radius 2 is 1.62 bits per heavy atom. The topological polar surface area (TPSA) is 51.8 Å². The third kappa shape index (κ3) is 1.76. The van der Waals surface area contributed by atoms with E-state index in [9.17, 15) is 0 Å². The van der Waals surface area contributed by atoms with Gasteiger partial charge in [-0.3, -0.25) is 0 Å². The van der Waals surface area contributed by atoms with Crippen LogP contribution in [0.15, 0.2) is 24.3 Å². The number of nitrogens with two attached hydrogens (primary N) is 1. The van der Waals surface area contributed by atoms with E-state index in [-0.39, 0.29) is 0 Å². The summed E-state index contributed by atoms with van der Waals surface area (Å²) in [6.45, 7) is 6.34. The summed E-state index contributed by atoms with van der Waals surface area (Å²) in [6, 6.07) is 7.87. The highest BCUT2D eigenvalue weighted by molar-refractivity contribution is 5.66. The van der Waals surface area contributed by atoms with Crippen molar-refractivity contribution >= 4 is 5.82 Å². The lowest BCUT2D eigenvalue weighted by Crippen LogP contribution is -1.96. The Bertz CT molecular complexity index is 515. The Morgan fingerprint density at radius 3 is 2.25 bits per heavy atom. The molecule has 2 rings (SSSR count). The molecule has 0 unspecified atom stereocenters. The number of nitrogen functional groups attached to an aromatic ring is 1. The van der Waals surface area contributed by atoms with Crippen LogP contribution in [0.1, 0.15) is 16.7 Å². The molecule has 82 valence electrons. The lowest BCUT2D eigenvalue weighted by Gasteiger charge is -2.10. The molecule has 0 aliphatic carbocycles. The Labute approximate surface area is 95.3 Å². The van der Waals surface area contributed by atoms with Gasteiger partial charge in [0.25, 0.3) is 0 Å². The van der Waals surface area contributed by atoms with Gasteiger partial charge in [-0.05, 0) is 49.6 Å². The fourth-order valence-corrected chi connectivity index (χ4v) is 1.72. The second-order valence-corrected chi connectivity index (χ2v) is 4.02. The second kappa shape index (κ2) is 3.93. The molecular formula is C13H15N3. The van der Waals surface area contributed by atoms with Crippen molar-refractivity contribution < 1.29 is 0 Å². The Hall–Kier alpha value is -1.90. The average molecular weight is 213 g/mol. The molecule has 0 bridgehead atoms. The minimum absolute atomic E-state index is 0.449. The van der Waals surface area contributed by atoms with Crippen molar-refractivity contribution in [2.45, 2.75) is 20.8 Å². The molecule has 0 saturated carbocycles. The molecule has 0 spiro atoms. The van der Waals surface area contributed by atoms with Crippen LogP contribution in [0.5, 0.6) is 0 Å². The molecule has 0 fully saturated rings. The zero-order chi connectivity index (χ0) is 11.7. The van der Waals surface area contributed by atoms with Crippen LogP contribution in [-0.2, 0) is 0 Å². The van der Waals surface area contributed by atoms with Gasteiger partial charge in [-0.25, -0.2) is 0 Å². The summed E-state index contributed by atoms with van der Waals surface area (Å²) in [5, 5.41) is 7.98. The van der Waals surface area contributed by atoms with Crippen LogP contribution >= 0.6 is 0 Å². The van der Waals surface area contributed by atoms with Crippen LogP contribution < -0.4 is 5.73 Å². The molecule has 0 amide bonds. The molecule has 2 aromatic rings. The van der Waals surface area contributed by atoms with Crippen molar-refractivity contribution in [2.24, 2.45) is 0 Å². The third-order valence-electron chi connectivity index (χ3n) is 3.02. The number of aryl methyl sites for hydroxylation is 1. The molecule has 0 radical (unpaired) electrons. The van der Waals surface area contributed by atoms with Gasteiger partial charge in [0.1, 0.15) is 5.82 Å². The molecule has 1 aromatic heterocycles. The van der Waals surface area contributed by atoms with E-state index in [1.165, 1.54) is 16.7 Å². The Kier molecular flexibility index (Phi) is 2.60. The smallest absolute Gasteiger partial charge is 0.146 e. The van der Waals surface area contributed by atoms with Crippen molar-refractivity contribution in [2.75, 3.05) is 5.73 Å². The summed E-state index contributed by atoms with van der Waals surface area (Å²) >= 11 is 0. The van der Waals surface area contributed by atoms with Crippen molar-refractivity contribution in [1.82, 2.24) is 10.2 Å². The highest BCUT2D eigenvalue weighted by Crippen LogP contribution is 2.25. The molecule has 3 heteroatoms. The van der Waals surface area contributed by atoms with Gasteiger partial charge in [0.15, 0.2) is 0 Å². The van der Waals surface area contributed by atoms with Gasteiger partial charge in [-0.2, -0.15) is 0 Å². The molecule has 16 heavy (non-hydrogen) atoms. The van der Waals surface area contributed by atoms with Gasteiger partial charge >= 0.3 is 0 Å². The fourth-order valence-electron chi connectivity index (χ4n) is 1.72. The summed E-state index contributed by atoms with van der Waals surface area (Å²) in [4.78, 5) is 0. The number of anilines is 1. The van der Waals surface area contributed by atoms with Crippen LogP contribution in [0.4, 0.5) is 5.82 Å². The van der Waals surface area contributed by atoms with Gasteiger partial charge in [-0.1, -0.05) is 12.1 Å². The molecule has 3 nitrogen and oxygen atoms in total. The van der Waals surface area contributed by atoms with Gasteiger partial charge in [0, 0.05) is 5.56 Å². The van der Waals surface area contributed by atoms with Crippen molar-refractivity contribution in [3.05, 3.63) is 41.0 Å². The number of benzene rings is 1. The zero-order valence-corrected chi connectivity index (χ0v) is 9.78. The highest BCUT2D eigenvalue weighted by atomic mass is 15.1. The summed E-state index contributed by atoms with van der Waals surface area (Å²) in [6.07, 6.45) is 0. The first-order valence-corrected chi connectivity index (χ1v) is 5.26. The Morgan fingerprint density at radius 1 is 0.875 bits per heavy atom. The first-order valence-electron chi connectivity index (χ1n) is 5.26. The van der Waals surface area contributed by atoms with E-state index in [4.69, 9.17) is 5.73 Å². The van der Waals surface area contributed by atoms with Gasteiger partial charge < -0.3 is 5.73 Å². The van der Waals surface area contributed by atoms with Gasteiger partial charge in [-0.15, -0.1) is 10.2 Å². The maximum Gasteiger partial charge on any atom is 0.146 e. The SMILES string of the molecule is Cc1ccc(-c2ccc(N)nn2)c(C)c1C. The molecule has 2 N–H and O–H groups in total. The molecular weight excluding hydrogens is 198 g/mol. The van der Waals surface area contributed by atoms with E-state index >= 15 is 0 Å². The maximum atomic E-state index is 5.52. The predicted octanol–water partition coefficient (Wildman–Crippen LogP) is 2.65. The molecule has 1 aromatic carbocycles. The van der Waals surface area contributed by atoms with Gasteiger partial charge in [0.2, 0.25) is 0 Å². The first-order chi connectivity index (χ1) is 7.59. The molecule has 0 atom stereocenters. The number of hydrogen-bond donors (Lipinski definition) is 1. The quantitative estimate of drug-likeness (QED) is 0.792. The van der Waals surface area contributed by atoms with E-state index in [1.807, 2.05) is 6.07 Å². The summed E-state index contributed by atoms with van der Waals surface area (Å²) in [5.41, 5.74) is 11.4. The fraction of sp³-hybridized carbons (Fsp3) is 0.231. The molecule has 1 heterocycles. The van der Waals surface area contributed by atoms with Crippen molar-refractivity contribution in [3.8, 4) is 11.3 Å².